The smallest absolute Gasteiger partial charge is 0.300 e. The van der Waals surface area contributed by atoms with Crippen LogP contribution >= 0.6 is 0 Å². The summed E-state index contributed by atoms with van der Waals surface area (Å²) in [6.07, 6.45) is 0. The molecule has 0 radical (unpaired) electrons. The van der Waals surface area contributed by atoms with E-state index in [0.29, 0.717) is 5.56 Å². The maximum Gasteiger partial charge on any atom is 0.300 e. The molecule has 0 spiro atoms. The molecule has 0 aliphatic carbocycles. The molecule has 0 aliphatic heterocycles. The van der Waals surface area contributed by atoms with Gasteiger partial charge in [0.1, 0.15) is 0 Å². The van der Waals surface area contributed by atoms with E-state index in [1.807, 2.05) is 26.0 Å². The monoisotopic (exact) mass is 209 g/mol. The number of primary amides is 1. The Bertz CT molecular complexity index is 368. The Morgan fingerprint density at radius 1 is 1.27 bits per heavy atom. The van der Waals surface area contributed by atoms with Gasteiger partial charge < -0.3 is 10.8 Å². The van der Waals surface area contributed by atoms with Crippen LogP contribution in [0.4, 0.5) is 0 Å². The fraction of sp³-hybridized carbons (Fsp3) is 0.273. The maximum atomic E-state index is 10.8. The zero-order valence-corrected chi connectivity index (χ0v) is 9.07. The molecule has 0 saturated heterocycles. The van der Waals surface area contributed by atoms with Gasteiger partial charge in [-0.1, -0.05) is 12.1 Å². The molecule has 0 heterocycles. The maximum absolute atomic E-state index is 10.8. The molecule has 0 bridgehead atoms. The zero-order chi connectivity index (χ0) is 12.0. The number of carbonyl (C=O) groups excluding carboxylic acids is 1. The number of benzene rings is 1. The van der Waals surface area contributed by atoms with Crippen LogP contribution < -0.4 is 5.73 Å². The first-order valence-corrected chi connectivity index (χ1v) is 4.41. The number of hydrogen-bond donors (Lipinski definition) is 2. The standard InChI is InChI=1S/C9H11NO.C2H4O2/c1-6-4-3-5-8(7(6)2)9(10)11;1-2(3)4/h3-5H,1-2H3,(H2,10,11);1H3,(H,3,4). The lowest BCUT2D eigenvalue weighted by Crippen LogP contribution is -2.12. The summed E-state index contributed by atoms with van der Waals surface area (Å²) in [5.74, 6) is -1.19. The lowest BCUT2D eigenvalue weighted by Gasteiger charge is -2.03. The van der Waals surface area contributed by atoms with Gasteiger partial charge in [-0.15, -0.1) is 0 Å². The van der Waals surface area contributed by atoms with Crippen molar-refractivity contribution in [2.75, 3.05) is 0 Å². The molecule has 1 aromatic rings. The first kappa shape index (κ1) is 13.2. The number of carboxylic acid groups (broad SMARTS) is 1. The van der Waals surface area contributed by atoms with Gasteiger partial charge in [-0.3, -0.25) is 9.59 Å². The topological polar surface area (TPSA) is 80.4 Å². The Hall–Kier alpha value is -1.84. The quantitative estimate of drug-likeness (QED) is 0.735. The van der Waals surface area contributed by atoms with E-state index in [1.54, 1.807) is 6.07 Å². The summed E-state index contributed by atoms with van der Waals surface area (Å²) in [6.45, 7) is 4.94. The van der Waals surface area contributed by atoms with Crippen LogP contribution in [-0.2, 0) is 4.79 Å². The predicted octanol–water partition coefficient (Wildman–Crippen LogP) is 1.49. The van der Waals surface area contributed by atoms with E-state index < -0.39 is 5.97 Å². The van der Waals surface area contributed by atoms with Gasteiger partial charge in [-0.05, 0) is 31.0 Å². The third kappa shape index (κ3) is 4.81. The van der Waals surface area contributed by atoms with Crippen molar-refractivity contribution in [1.82, 2.24) is 0 Å². The number of nitrogens with two attached hydrogens (primary N) is 1. The number of carboxylic acids is 1. The molecular formula is C11H15NO3. The SMILES string of the molecule is CC(=O)O.Cc1cccc(C(N)=O)c1C. The first-order chi connectivity index (χ1) is 6.86. The van der Waals surface area contributed by atoms with Crippen LogP contribution in [0.15, 0.2) is 18.2 Å². The van der Waals surface area contributed by atoms with Crippen molar-refractivity contribution in [2.24, 2.45) is 5.73 Å². The summed E-state index contributed by atoms with van der Waals surface area (Å²) in [6, 6.07) is 5.54. The average molecular weight is 209 g/mol. The lowest BCUT2D eigenvalue weighted by atomic mass is 10.0. The van der Waals surface area contributed by atoms with Crippen molar-refractivity contribution in [3.05, 3.63) is 34.9 Å². The van der Waals surface area contributed by atoms with Gasteiger partial charge >= 0.3 is 0 Å². The van der Waals surface area contributed by atoms with Gasteiger partial charge in [0.2, 0.25) is 5.91 Å². The van der Waals surface area contributed by atoms with E-state index in [1.165, 1.54) is 0 Å². The number of aryl methyl sites for hydroxylation is 1. The van der Waals surface area contributed by atoms with Crippen LogP contribution in [0.2, 0.25) is 0 Å². The Morgan fingerprint density at radius 3 is 2.07 bits per heavy atom. The first-order valence-electron chi connectivity index (χ1n) is 4.41. The van der Waals surface area contributed by atoms with E-state index in [9.17, 15) is 4.79 Å². The highest BCUT2D eigenvalue weighted by atomic mass is 16.4. The number of rotatable bonds is 1. The molecule has 1 aromatic carbocycles. The van der Waals surface area contributed by atoms with Gasteiger partial charge in [-0.25, -0.2) is 0 Å². The summed E-state index contributed by atoms with van der Waals surface area (Å²) >= 11 is 0. The summed E-state index contributed by atoms with van der Waals surface area (Å²) in [4.78, 5) is 19.8. The number of amides is 1. The summed E-state index contributed by atoms with van der Waals surface area (Å²) in [5, 5.41) is 7.42. The Balaban J connectivity index is 0.000000423. The third-order valence-corrected chi connectivity index (χ3v) is 1.87. The van der Waals surface area contributed by atoms with Gasteiger partial charge in [-0.2, -0.15) is 0 Å². The average Bonchev–Trinajstić information content (AvgIpc) is 2.08. The minimum absolute atomic E-state index is 0.355. The van der Waals surface area contributed by atoms with Crippen LogP contribution in [0.25, 0.3) is 0 Å². The second-order valence-electron chi connectivity index (χ2n) is 3.13. The van der Waals surface area contributed by atoms with Crippen molar-refractivity contribution < 1.29 is 14.7 Å². The van der Waals surface area contributed by atoms with Gasteiger partial charge in [0, 0.05) is 12.5 Å². The fourth-order valence-corrected chi connectivity index (χ4v) is 1.02. The molecule has 15 heavy (non-hydrogen) atoms. The molecule has 0 saturated carbocycles. The van der Waals surface area contributed by atoms with Crippen molar-refractivity contribution >= 4 is 11.9 Å². The zero-order valence-electron chi connectivity index (χ0n) is 9.07. The third-order valence-electron chi connectivity index (χ3n) is 1.87. The molecule has 4 nitrogen and oxygen atoms in total. The largest absolute Gasteiger partial charge is 0.481 e. The molecule has 82 valence electrons. The van der Waals surface area contributed by atoms with Crippen LogP contribution in [0.3, 0.4) is 0 Å². The van der Waals surface area contributed by atoms with Crippen molar-refractivity contribution in [3.63, 3.8) is 0 Å². The highest BCUT2D eigenvalue weighted by Gasteiger charge is 2.04. The molecule has 0 unspecified atom stereocenters. The Morgan fingerprint density at radius 2 is 1.73 bits per heavy atom. The molecule has 4 heteroatoms. The van der Waals surface area contributed by atoms with Crippen LogP contribution in [-0.4, -0.2) is 17.0 Å². The number of aliphatic carboxylic acids is 1. The molecule has 0 aliphatic rings. The Labute approximate surface area is 88.7 Å². The molecule has 1 amide bonds. The molecule has 3 N–H and O–H groups in total. The van der Waals surface area contributed by atoms with E-state index in [0.717, 1.165) is 18.1 Å². The summed E-state index contributed by atoms with van der Waals surface area (Å²) in [5.41, 5.74) is 7.83. The second kappa shape index (κ2) is 5.80. The highest BCUT2D eigenvalue weighted by Crippen LogP contribution is 2.11. The minimum atomic E-state index is -0.833. The second-order valence-corrected chi connectivity index (χ2v) is 3.13. The van der Waals surface area contributed by atoms with E-state index in [-0.39, 0.29) is 5.91 Å². The predicted molar refractivity (Wildman–Crippen MR) is 57.7 cm³/mol. The minimum Gasteiger partial charge on any atom is -0.481 e. The summed E-state index contributed by atoms with van der Waals surface area (Å²) in [7, 11) is 0. The summed E-state index contributed by atoms with van der Waals surface area (Å²) < 4.78 is 0. The van der Waals surface area contributed by atoms with Crippen molar-refractivity contribution in [2.45, 2.75) is 20.8 Å². The van der Waals surface area contributed by atoms with Crippen LogP contribution in [0, 0.1) is 13.8 Å². The van der Waals surface area contributed by atoms with E-state index >= 15 is 0 Å². The molecule has 0 atom stereocenters. The van der Waals surface area contributed by atoms with Crippen molar-refractivity contribution in [1.29, 1.82) is 0 Å². The van der Waals surface area contributed by atoms with E-state index in [2.05, 4.69) is 0 Å². The van der Waals surface area contributed by atoms with E-state index in [4.69, 9.17) is 15.6 Å². The van der Waals surface area contributed by atoms with Gasteiger partial charge in [0.15, 0.2) is 0 Å². The highest BCUT2D eigenvalue weighted by molar-refractivity contribution is 5.94. The normalized spacial score (nSPS) is 8.73. The fourth-order valence-electron chi connectivity index (χ4n) is 1.02. The number of hydrogen-bond acceptors (Lipinski definition) is 2. The van der Waals surface area contributed by atoms with Gasteiger partial charge in [0.25, 0.3) is 5.97 Å². The molecule has 1 rings (SSSR count). The number of carbonyl (C=O) groups is 2. The van der Waals surface area contributed by atoms with Gasteiger partial charge in [0.05, 0.1) is 0 Å². The van der Waals surface area contributed by atoms with Crippen LogP contribution in [0.5, 0.6) is 0 Å². The Kier molecular flexibility index (Phi) is 5.09. The molecular weight excluding hydrogens is 194 g/mol. The molecule has 0 aromatic heterocycles. The lowest BCUT2D eigenvalue weighted by molar-refractivity contribution is -0.134. The molecule has 0 fully saturated rings. The van der Waals surface area contributed by atoms with Crippen LogP contribution in [0.1, 0.15) is 28.4 Å². The van der Waals surface area contributed by atoms with Crippen molar-refractivity contribution in [3.8, 4) is 0 Å².